The first-order valence-electron chi connectivity index (χ1n) is 5.23. The zero-order valence-electron chi connectivity index (χ0n) is 10.1. The highest BCUT2D eigenvalue weighted by molar-refractivity contribution is 9.09. The zero-order valence-corrected chi connectivity index (χ0v) is 11.7. The third-order valence-electron chi connectivity index (χ3n) is 1.98. The number of halogens is 1. The van der Waals surface area contributed by atoms with Crippen molar-refractivity contribution in [3.05, 3.63) is 0 Å². The van der Waals surface area contributed by atoms with Crippen LogP contribution in [0.3, 0.4) is 0 Å². The summed E-state index contributed by atoms with van der Waals surface area (Å²) in [5.74, 6) is 0. The van der Waals surface area contributed by atoms with E-state index in [1.165, 1.54) is 0 Å². The molecule has 0 N–H and O–H groups in total. The lowest BCUT2D eigenvalue weighted by molar-refractivity contribution is 0.0586. The topological polar surface area (TPSA) is 12.5 Å². The van der Waals surface area contributed by atoms with Crippen LogP contribution in [0.15, 0.2) is 0 Å². The van der Waals surface area contributed by atoms with Crippen LogP contribution in [-0.2, 0) is 4.74 Å². The number of nitrogens with zero attached hydrogens (tertiary/aromatic N) is 1. The van der Waals surface area contributed by atoms with Crippen molar-refractivity contribution in [3.63, 3.8) is 0 Å². The van der Waals surface area contributed by atoms with Gasteiger partial charge in [0.2, 0.25) is 0 Å². The van der Waals surface area contributed by atoms with E-state index in [-0.39, 0.29) is 0 Å². The van der Waals surface area contributed by atoms with E-state index in [0.29, 0.717) is 11.5 Å². The van der Waals surface area contributed by atoms with Gasteiger partial charge in [0.25, 0.3) is 0 Å². The van der Waals surface area contributed by atoms with Crippen molar-refractivity contribution in [1.82, 2.24) is 4.90 Å². The summed E-state index contributed by atoms with van der Waals surface area (Å²) in [5, 5.41) is 1.04. The smallest absolute Gasteiger partial charge is 0.0596 e. The van der Waals surface area contributed by atoms with E-state index >= 15 is 0 Å². The van der Waals surface area contributed by atoms with Gasteiger partial charge in [-0.2, -0.15) is 0 Å². The third kappa shape index (κ3) is 7.77. The van der Waals surface area contributed by atoms with Crippen LogP contribution in [0.2, 0.25) is 0 Å². The summed E-state index contributed by atoms with van der Waals surface area (Å²) < 4.78 is 5.51. The van der Waals surface area contributed by atoms with Gasteiger partial charge in [0, 0.05) is 18.4 Å². The Balaban J connectivity index is 3.60. The second kappa shape index (κ2) is 6.81. The molecular formula is C11H24BrNO. The summed E-state index contributed by atoms with van der Waals surface area (Å²) in [5.41, 5.74) is 0.340. The van der Waals surface area contributed by atoms with Crippen molar-refractivity contribution in [2.45, 2.75) is 33.8 Å². The Bertz CT molecular complexity index is 148. The van der Waals surface area contributed by atoms with Gasteiger partial charge in [-0.1, -0.05) is 29.8 Å². The number of ether oxygens (including phenoxy) is 1. The lowest BCUT2D eigenvalue weighted by atomic mass is 9.96. The molecule has 0 aliphatic heterocycles. The van der Waals surface area contributed by atoms with Crippen LogP contribution in [0.4, 0.5) is 0 Å². The zero-order chi connectivity index (χ0) is 11.2. The maximum atomic E-state index is 5.51. The molecule has 0 aliphatic carbocycles. The van der Waals surface area contributed by atoms with Crippen LogP contribution < -0.4 is 0 Å². The van der Waals surface area contributed by atoms with Crippen LogP contribution in [0, 0.1) is 5.41 Å². The van der Waals surface area contributed by atoms with E-state index < -0.39 is 0 Å². The second-order valence-electron chi connectivity index (χ2n) is 4.96. The Morgan fingerprint density at radius 1 is 1.36 bits per heavy atom. The molecule has 0 bridgehead atoms. The lowest BCUT2D eigenvalue weighted by Gasteiger charge is -2.28. The highest BCUT2D eigenvalue weighted by atomic mass is 79.9. The molecule has 0 radical (unpaired) electrons. The van der Waals surface area contributed by atoms with Gasteiger partial charge in [-0.05, 0) is 26.3 Å². The minimum absolute atomic E-state index is 0.340. The van der Waals surface area contributed by atoms with Crippen molar-refractivity contribution in [1.29, 1.82) is 0 Å². The van der Waals surface area contributed by atoms with Crippen molar-refractivity contribution < 1.29 is 4.74 Å². The normalized spacial score (nSPS) is 12.9. The second-order valence-corrected chi connectivity index (χ2v) is 5.52. The van der Waals surface area contributed by atoms with E-state index in [0.717, 1.165) is 25.0 Å². The van der Waals surface area contributed by atoms with E-state index in [1.54, 1.807) is 0 Å². The molecule has 0 aromatic carbocycles. The number of hydrogen-bond acceptors (Lipinski definition) is 2. The maximum absolute atomic E-state index is 5.51. The summed E-state index contributed by atoms with van der Waals surface area (Å²) in [6, 6.07) is 0. The SMILES string of the molecule is CC(C)OCCN(C)CC(C)(C)CBr. The molecule has 3 heteroatoms. The predicted octanol–water partition coefficient (Wildman–Crippen LogP) is 2.76. The number of alkyl halides is 1. The minimum atomic E-state index is 0.340. The van der Waals surface area contributed by atoms with Gasteiger partial charge in [0.05, 0.1) is 12.7 Å². The quantitative estimate of drug-likeness (QED) is 0.657. The highest BCUT2D eigenvalue weighted by Crippen LogP contribution is 2.18. The molecule has 0 rings (SSSR count). The lowest BCUT2D eigenvalue weighted by Crippen LogP contribution is -2.34. The summed E-state index contributed by atoms with van der Waals surface area (Å²) in [7, 11) is 2.15. The first kappa shape index (κ1) is 14.4. The number of likely N-dealkylation sites (N-methyl/N-ethyl adjacent to an activating group) is 1. The predicted molar refractivity (Wildman–Crippen MR) is 66.2 cm³/mol. The monoisotopic (exact) mass is 265 g/mol. The largest absolute Gasteiger partial charge is 0.377 e. The van der Waals surface area contributed by atoms with Gasteiger partial charge >= 0.3 is 0 Å². The average molecular weight is 266 g/mol. The Kier molecular flexibility index (Phi) is 7.00. The average Bonchev–Trinajstić information content (AvgIpc) is 2.02. The Hall–Kier alpha value is 0.400. The molecule has 14 heavy (non-hydrogen) atoms. The van der Waals surface area contributed by atoms with Gasteiger partial charge in [-0.25, -0.2) is 0 Å². The minimum Gasteiger partial charge on any atom is -0.377 e. The molecule has 0 fully saturated rings. The van der Waals surface area contributed by atoms with Crippen LogP contribution in [0.5, 0.6) is 0 Å². The molecule has 0 amide bonds. The molecular weight excluding hydrogens is 242 g/mol. The van der Waals surface area contributed by atoms with E-state index in [9.17, 15) is 0 Å². The third-order valence-corrected chi connectivity index (χ3v) is 3.50. The fourth-order valence-corrected chi connectivity index (χ4v) is 1.47. The van der Waals surface area contributed by atoms with Crippen LogP contribution in [0.25, 0.3) is 0 Å². The number of hydrogen-bond donors (Lipinski definition) is 0. The van der Waals surface area contributed by atoms with E-state index in [4.69, 9.17) is 4.74 Å². The van der Waals surface area contributed by atoms with Crippen molar-refractivity contribution in [3.8, 4) is 0 Å². The van der Waals surface area contributed by atoms with Crippen molar-refractivity contribution in [2.75, 3.05) is 32.1 Å². The van der Waals surface area contributed by atoms with E-state index in [1.807, 2.05) is 0 Å². The summed E-state index contributed by atoms with van der Waals surface area (Å²) in [6.45, 7) is 11.6. The molecule has 0 atom stereocenters. The molecule has 0 saturated heterocycles. The van der Waals surface area contributed by atoms with Crippen molar-refractivity contribution >= 4 is 15.9 Å². The van der Waals surface area contributed by atoms with Crippen LogP contribution >= 0.6 is 15.9 Å². The van der Waals surface area contributed by atoms with Gasteiger partial charge in [0.1, 0.15) is 0 Å². The molecule has 0 heterocycles. The molecule has 0 aliphatic rings. The fourth-order valence-electron chi connectivity index (χ4n) is 1.30. The standard InChI is InChI=1S/C11H24BrNO/c1-10(2)14-7-6-13(5)9-11(3,4)8-12/h10H,6-9H2,1-5H3. The van der Waals surface area contributed by atoms with E-state index in [2.05, 4.69) is 55.6 Å². The van der Waals surface area contributed by atoms with Gasteiger partial charge < -0.3 is 9.64 Å². The summed E-state index contributed by atoms with van der Waals surface area (Å²) in [4.78, 5) is 2.32. The number of rotatable bonds is 7. The molecule has 0 aromatic heterocycles. The molecule has 0 aromatic rings. The maximum Gasteiger partial charge on any atom is 0.0596 e. The summed E-state index contributed by atoms with van der Waals surface area (Å²) in [6.07, 6.45) is 0.340. The van der Waals surface area contributed by atoms with Gasteiger partial charge in [-0.3, -0.25) is 0 Å². The Morgan fingerprint density at radius 2 is 1.93 bits per heavy atom. The molecule has 0 saturated carbocycles. The highest BCUT2D eigenvalue weighted by Gasteiger charge is 2.18. The van der Waals surface area contributed by atoms with Gasteiger partial charge in [0.15, 0.2) is 0 Å². The van der Waals surface area contributed by atoms with Gasteiger partial charge in [-0.15, -0.1) is 0 Å². The fraction of sp³-hybridized carbons (Fsp3) is 1.00. The first-order valence-corrected chi connectivity index (χ1v) is 6.35. The van der Waals surface area contributed by atoms with Crippen LogP contribution in [0.1, 0.15) is 27.7 Å². The summed E-state index contributed by atoms with van der Waals surface area (Å²) >= 11 is 3.53. The molecule has 86 valence electrons. The molecule has 0 unspecified atom stereocenters. The molecule has 2 nitrogen and oxygen atoms in total. The Morgan fingerprint density at radius 3 is 2.36 bits per heavy atom. The van der Waals surface area contributed by atoms with Crippen LogP contribution in [-0.4, -0.2) is 43.1 Å². The first-order chi connectivity index (χ1) is 6.37. The Labute approximate surface area is 97.1 Å². The van der Waals surface area contributed by atoms with Crippen molar-refractivity contribution in [2.24, 2.45) is 5.41 Å². The molecule has 0 spiro atoms.